The highest BCUT2D eigenvalue weighted by atomic mass is 16.3. The minimum Gasteiger partial charge on any atom is -0.392 e. The predicted molar refractivity (Wildman–Crippen MR) is 45.7 cm³/mol. The van der Waals surface area contributed by atoms with Gasteiger partial charge in [-0.3, -0.25) is 4.79 Å². The molecule has 4 heteroatoms. The van der Waals surface area contributed by atoms with Gasteiger partial charge in [0.15, 0.2) is 0 Å². The van der Waals surface area contributed by atoms with Gasteiger partial charge in [0.2, 0.25) is 5.91 Å². The maximum Gasteiger partial charge on any atom is 0.221 e. The molecule has 4 nitrogen and oxygen atoms in total. The van der Waals surface area contributed by atoms with Gasteiger partial charge in [0, 0.05) is 25.0 Å². The summed E-state index contributed by atoms with van der Waals surface area (Å²) in [6, 6.07) is 0.227. The normalized spacial score (nSPS) is 28.2. The van der Waals surface area contributed by atoms with E-state index < -0.39 is 0 Å². The van der Waals surface area contributed by atoms with Crippen LogP contribution < -0.4 is 10.6 Å². The maximum atomic E-state index is 10.8. The maximum absolute atomic E-state index is 10.8. The highest BCUT2D eigenvalue weighted by molar-refractivity contribution is 5.78. The van der Waals surface area contributed by atoms with Gasteiger partial charge in [-0.2, -0.15) is 0 Å². The van der Waals surface area contributed by atoms with Crippen molar-refractivity contribution in [3.8, 4) is 0 Å². The molecular formula is C8H16N2O2. The van der Waals surface area contributed by atoms with Gasteiger partial charge in [-0.25, -0.2) is 0 Å². The summed E-state index contributed by atoms with van der Waals surface area (Å²) in [5.41, 5.74) is 0. The summed E-state index contributed by atoms with van der Waals surface area (Å²) in [6.07, 6.45) is 0.151. The third-order valence-corrected chi connectivity index (χ3v) is 2.20. The van der Waals surface area contributed by atoms with Crippen molar-refractivity contribution in [2.75, 3.05) is 6.54 Å². The number of amides is 1. The first-order chi connectivity index (χ1) is 5.59. The highest BCUT2D eigenvalue weighted by Gasteiger charge is 2.23. The molecule has 0 radical (unpaired) electrons. The molecule has 0 aromatic carbocycles. The van der Waals surface area contributed by atoms with Gasteiger partial charge in [0.1, 0.15) is 0 Å². The van der Waals surface area contributed by atoms with Crippen molar-refractivity contribution in [3.63, 3.8) is 0 Å². The highest BCUT2D eigenvalue weighted by Crippen LogP contribution is 2.02. The second-order valence-electron chi connectivity index (χ2n) is 3.40. The van der Waals surface area contributed by atoms with Crippen LogP contribution in [0, 0.1) is 0 Å². The Kier molecular flexibility index (Phi) is 3.05. The van der Waals surface area contributed by atoms with E-state index >= 15 is 0 Å². The number of hydrogen-bond acceptors (Lipinski definition) is 3. The number of hydrogen-bond donors (Lipinski definition) is 3. The van der Waals surface area contributed by atoms with Crippen molar-refractivity contribution in [1.82, 2.24) is 10.6 Å². The first-order valence-corrected chi connectivity index (χ1v) is 4.30. The predicted octanol–water partition coefficient (Wildman–Crippen LogP) is -0.766. The lowest BCUT2D eigenvalue weighted by atomic mass is 10.1. The van der Waals surface area contributed by atoms with E-state index in [0.29, 0.717) is 13.0 Å². The molecule has 1 fully saturated rings. The second-order valence-corrected chi connectivity index (χ2v) is 3.40. The molecule has 1 aliphatic rings. The minimum atomic E-state index is -0.374. The standard InChI is InChI=1S/C8H16N2O2/c1-5(6(2)11)10-7-3-8(12)9-4-7/h5-7,10-11H,3-4H2,1-2H3,(H,9,12). The van der Waals surface area contributed by atoms with Crippen LogP contribution >= 0.6 is 0 Å². The van der Waals surface area contributed by atoms with E-state index in [-0.39, 0.29) is 24.1 Å². The number of rotatable bonds is 3. The van der Waals surface area contributed by atoms with Crippen molar-refractivity contribution in [2.24, 2.45) is 0 Å². The number of carbonyl (C=O) groups is 1. The Hall–Kier alpha value is -0.610. The summed E-state index contributed by atoms with van der Waals surface area (Å²) >= 11 is 0. The van der Waals surface area contributed by atoms with E-state index in [9.17, 15) is 9.90 Å². The second kappa shape index (κ2) is 3.87. The monoisotopic (exact) mass is 172 g/mol. The Morgan fingerprint density at radius 1 is 1.67 bits per heavy atom. The molecule has 1 rings (SSSR count). The van der Waals surface area contributed by atoms with Gasteiger partial charge in [0.05, 0.1) is 6.10 Å². The van der Waals surface area contributed by atoms with Crippen LogP contribution in [0.15, 0.2) is 0 Å². The molecule has 12 heavy (non-hydrogen) atoms. The lowest BCUT2D eigenvalue weighted by Gasteiger charge is -2.20. The molecule has 70 valence electrons. The van der Waals surface area contributed by atoms with Crippen LogP contribution in [0.5, 0.6) is 0 Å². The summed E-state index contributed by atoms with van der Waals surface area (Å²) in [6.45, 7) is 4.32. The van der Waals surface area contributed by atoms with Gasteiger partial charge in [-0.1, -0.05) is 0 Å². The Labute approximate surface area is 72.3 Å². The molecule has 0 bridgehead atoms. The largest absolute Gasteiger partial charge is 0.392 e. The SMILES string of the molecule is CC(O)C(C)NC1CNC(=O)C1. The van der Waals surface area contributed by atoms with Crippen molar-refractivity contribution in [1.29, 1.82) is 0 Å². The molecule has 0 spiro atoms. The molecule has 1 saturated heterocycles. The zero-order chi connectivity index (χ0) is 9.14. The zero-order valence-electron chi connectivity index (χ0n) is 7.50. The Morgan fingerprint density at radius 3 is 2.75 bits per heavy atom. The van der Waals surface area contributed by atoms with E-state index in [0.717, 1.165) is 0 Å². The summed E-state index contributed by atoms with van der Waals surface area (Å²) in [7, 11) is 0. The summed E-state index contributed by atoms with van der Waals surface area (Å²) < 4.78 is 0. The zero-order valence-corrected chi connectivity index (χ0v) is 7.50. The van der Waals surface area contributed by atoms with Crippen LogP contribution in [0.3, 0.4) is 0 Å². The van der Waals surface area contributed by atoms with Crippen molar-refractivity contribution < 1.29 is 9.90 Å². The fourth-order valence-electron chi connectivity index (χ4n) is 1.23. The Bertz CT molecular complexity index is 170. The van der Waals surface area contributed by atoms with E-state index in [1.165, 1.54) is 0 Å². The molecule has 0 saturated carbocycles. The summed E-state index contributed by atoms with van der Waals surface area (Å²) in [4.78, 5) is 10.8. The third-order valence-electron chi connectivity index (χ3n) is 2.20. The molecule has 3 N–H and O–H groups in total. The summed E-state index contributed by atoms with van der Waals surface area (Å²) in [5.74, 6) is 0.0882. The lowest BCUT2D eigenvalue weighted by Crippen LogP contribution is -2.43. The number of aliphatic hydroxyl groups is 1. The van der Waals surface area contributed by atoms with Crippen molar-refractivity contribution >= 4 is 5.91 Å². The molecular weight excluding hydrogens is 156 g/mol. The van der Waals surface area contributed by atoms with Crippen LogP contribution in [0.2, 0.25) is 0 Å². The third kappa shape index (κ3) is 2.46. The average Bonchev–Trinajstić information content (AvgIpc) is 2.35. The first kappa shape index (κ1) is 9.48. The molecule has 0 aromatic heterocycles. The van der Waals surface area contributed by atoms with Crippen molar-refractivity contribution in [3.05, 3.63) is 0 Å². The number of aliphatic hydroxyl groups excluding tert-OH is 1. The fraction of sp³-hybridized carbons (Fsp3) is 0.875. The molecule has 0 aliphatic carbocycles. The van der Waals surface area contributed by atoms with Crippen LogP contribution in [0.1, 0.15) is 20.3 Å². The Balaban J connectivity index is 2.27. The Morgan fingerprint density at radius 2 is 2.33 bits per heavy atom. The fourth-order valence-corrected chi connectivity index (χ4v) is 1.23. The average molecular weight is 172 g/mol. The van der Waals surface area contributed by atoms with Gasteiger partial charge < -0.3 is 15.7 Å². The topological polar surface area (TPSA) is 61.4 Å². The molecule has 3 unspecified atom stereocenters. The van der Waals surface area contributed by atoms with E-state index in [2.05, 4.69) is 10.6 Å². The first-order valence-electron chi connectivity index (χ1n) is 4.30. The van der Waals surface area contributed by atoms with Crippen LogP contribution in [0.4, 0.5) is 0 Å². The smallest absolute Gasteiger partial charge is 0.221 e. The molecule has 1 aliphatic heterocycles. The van der Waals surface area contributed by atoms with Crippen molar-refractivity contribution in [2.45, 2.75) is 38.5 Å². The molecule has 1 heterocycles. The van der Waals surface area contributed by atoms with E-state index in [4.69, 9.17) is 0 Å². The summed E-state index contributed by atoms with van der Waals surface area (Å²) in [5, 5.41) is 15.1. The molecule has 0 aromatic rings. The lowest BCUT2D eigenvalue weighted by molar-refractivity contribution is -0.119. The number of carbonyl (C=O) groups excluding carboxylic acids is 1. The quantitative estimate of drug-likeness (QED) is 0.524. The van der Waals surface area contributed by atoms with E-state index in [1.54, 1.807) is 6.92 Å². The molecule has 1 amide bonds. The van der Waals surface area contributed by atoms with Crippen LogP contribution in [0.25, 0.3) is 0 Å². The van der Waals surface area contributed by atoms with E-state index in [1.807, 2.05) is 6.92 Å². The molecule has 3 atom stereocenters. The van der Waals surface area contributed by atoms with Gasteiger partial charge >= 0.3 is 0 Å². The van der Waals surface area contributed by atoms with Gasteiger partial charge in [-0.05, 0) is 13.8 Å². The number of nitrogens with one attached hydrogen (secondary N) is 2. The van der Waals surface area contributed by atoms with Gasteiger partial charge in [0.25, 0.3) is 0 Å². The minimum absolute atomic E-state index is 0.0442. The van der Waals surface area contributed by atoms with Crippen LogP contribution in [-0.2, 0) is 4.79 Å². The van der Waals surface area contributed by atoms with Gasteiger partial charge in [-0.15, -0.1) is 0 Å². The van der Waals surface area contributed by atoms with Crippen LogP contribution in [-0.4, -0.2) is 35.7 Å².